The van der Waals surface area contributed by atoms with E-state index in [9.17, 15) is 4.79 Å². The highest BCUT2D eigenvalue weighted by atomic mass is 32.1. The fourth-order valence-electron chi connectivity index (χ4n) is 1.28. The third-order valence-corrected chi connectivity index (χ3v) is 2.99. The minimum Gasteiger partial charge on any atom is -0.396 e. The van der Waals surface area contributed by atoms with E-state index in [1.807, 2.05) is 13.8 Å². The van der Waals surface area contributed by atoms with E-state index in [-0.39, 0.29) is 18.6 Å². The standard InChI is InChI=1S/C10H16N2O2S/c1-7(2)8(3-4-13)12-10(14)9-5-11-6-15-9/h5-8,13H,3-4H2,1-2H3,(H,12,14). The maximum absolute atomic E-state index is 11.7. The molecule has 0 aliphatic carbocycles. The van der Waals surface area contributed by atoms with Crippen molar-refractivity contribution in [3.63, 3.8) is 0 Å². The van der Waals surface area contributed by atoms with Gasteiger partial charge in [-0.2, -0.15) is 0 Å². The van der Waals surface area contributed by atoms with Crippen molar-refractivity contribution in [2.45, 2.75) is 26.3 Å². The number of nitrogens with zero attached hydrogens (tertiary/aromatic N) is 1. The Labute approximate surface area is 93.4 Å². The first-order valence-corrected chi connectivity index (χ1v) is 5.83. The van der Waals surface area contributed by atoms with Gasteiger partial charge in [-0.15, -0.1) is 11.3 Å². The van der Waals surface area contributed by atoms with Gasteiger partial charge in [0, 0.05) is 12.6 Å². The van der Waals surface area contributed by atoms with Crippen LogP contribution < -0.4 is 5.32 Å². The molecule has 1 unspecified atom stereocenters. The van der Waals surface area contributed by atoms with E-state index in [1.165, 1.54) is 11.3 Å². The molecule has 0 saturated heterocycles. The molecule has 1 aromatic heterocycles. The van der Waals surface area contributed by atoms with Crippen molar-refractivity contribution < 1.29 is 9.90 Å². The molecule has 0 radical (unpaired) electrons. The van der Waals surface area contributed by atoms with Gasteiger partial charge in [-0.05, 0) is 12.3 Å². The van der Waals surface area contributed by atoms with E-state index in [4.69, 9.17) is 5.11 Å². The number of aliphatic hydroxyl groups is 1. The predicted octanol–water partition coefficient (Wildman–Crippen LogP) is 1.28. The number of carbonyl (C=O) groups excluding carboxylic acids is 1. The number of rotatable bonds is 5. The molecule has 84 valence electrons. The highest BCUT2D eigenvalue weighted by molar-refractivity contribution is 7.11. The Morgan fingerprint density at radius 1 is 1.67 bits per heavy atom. The van der Waals surface area contributed by atoms with Crippen molar-refractivity contribution in [3.05, 3.63) is 16.6 Å². The molecule has 5 heteroatoms. The van der Waals surface area contributed by atoms with Crippen molar-refractivity contribution in [2.24, 2.45) is 5.92 Å². The zero-order chi connectivity index (χ0) is 11.3. The van der Waals surface area contributed by atoms with E-state index in [2.05, 4.69) is 10.3 Å². The summed E-state index contributed by atoms with van der Waals surface area (Å²) in [6.07, 6.45) is 2.14. The number of amides is 1. The molecule has 0 aliphatic heterocycles. The van der Waals surface area contributed by atoms with Crippen LogP contribution in [-0.4, -0.2) is 28.6 Å². The molecular weight excluding hydrogens is 212 g/mol. The lowest BCUT2D eigenvalue weighted by molar-refractivity contribution is 0.0920. The number of aromatic nitrogens is 1. The highest BCUT2D eigenvalue weighted by Crippen LogP contribution is 2.09. The number of aliphatic hydroxyl groups excluding tert-OH is 1. The van der Waals surface area contributed by atoms with Gasteiger partial charge in [-0.1, -0.05) is 13.8 Å². The molecule has 1 atom stereocenters. The number of thiazole rings is 1. The lowest BCUT2D eigenvalue weighted by atomic mass is 10.0. The number of hydrogen-bond acceptors (Lipinski definition) is 4. The summed E-state index contributed by atoms with van der Waals surface area (Å²) in [6.45, 7) is 4.13. The van der Waals surface area contributed by atoms with Crippen LogP contribution in [0.1, 0.15) is 29.9 Å². The van der Waals surface area contributed by atoms with E-state index in [1.54, 1.807) is 11.7 Å². The van der Waals surface area contributed by atoms with Gasteiger partial charge in [0.05, 0.1) is 11.7 Å². The van der Waals surface area contributed by atoms with Gasteiger partial charge in [0.25, 0.3) is 5.91 Å². The summed E-state index contributed by atoms with van der Waals surface area (Å²) in [5, 5.41) is 11.8. The Morgan fingerprint density at radius 3 is 2.87 bits per heavy atom. The molecule has 0 bridgehead atoms. The van der Waals surface area contributed by atoms with Crippen molar-refractivity contribution in [3.8, 4) is 0 Å². The van der Waals surface area contributed by atoms with Crippen molar-refractivity contribution in [1.29, 1.82) is 0 Å². The fraction of sp³-hybridized carbons (Fsp3) is 0.600. The molecule has 4 nitrogen and oxygen atoms in total. The van der Waals surface area contributed by atoms with Crippen molar-refractivity contribution in [1.82, 2.24) is 10.3 Å². The Balaban J connectivity index is 2.55. The number of hydrogen-bond donors (Lipinski definition) is 2. The topological polar surface area (TPSA) is 62.2 Å². The second-order valence-electron chi connectivity index (χ2n) is 3.70. The van der Waals surface area contributed by atoms with Gasteiger partial charge in [-0.25, -0.2) is 0 Å². The molecule has 0 saturated carbocycles. The maximum Gasteiger partial charge on any atom is 0.263 e. The van der Waals surface area contributed by atoms with Crippen molar-refractivity contribution >= 4 is 17.2 Å². The zero-order valence-corrected chi connectivity index (χ0v) is 9.75. The maximum atomic E-state index is 11.7. The second kappa shape index (κ2) is 5.82. The quantitative estimate of drug-likeness (QED) is 0.798. The summed E-state index contributed by atoms with van der Waals surface area (Å²) in [7, 11) is 0. The molecule has 15 heavy (non-hydrogen) atoms. The molecule has 1 rings (SSSR count). The molecule has 0 aliphatic rings. The number of carbonyl (C=O) groups is 1. The van der Waals surface area contributed by atoms with Crippen LogP contribution in [0.3, 0.4) is 0 Å². The van der Waals surface area contributed by atoms with Crippen LogP contribution in [0.4, 0.5) is 0 Å². The Hall–Kier alpha value is -0.940. The lowest BCUT2D eigenvalue weighted by Crippen LogP contribution is -2.38. The van der Waals surface area contributed by atoms with Gasteiger partial charge in [0.2, 0.25) is 0 Å². The summed E-state index contributed by atoms with van der Waals surface area (Å²) in [5.41, 5.74) is 1.63. The van der Waals surface area contributed by atoms with Gasteiger partial charge >= 0.3 is 0 Å². The fourth-order valence-corrected chi connectivity index (χ4v) is 1.80. The van der Waals surface area contributed by atoms with Gasteiger partial charge in [-0.3, -0.25) is 9.78 Å². The summed E-state index contributed by atoms with van der Waals surface area (Å²) in [4.78, 5) is 16.1. The zero-order valence-electron chi connectivity index (χ0n) is 8.93. The van der Waals surface area contributed by atoms with Crippen LogP contribution in [-0.2, 0) is 0 Å². The number of nitrogens with one attached hydrogen (secondary N) is 1. The van der Waals surface area contributed by atoms with Crippen LogP contribution in [0.5, 0.6) is 0 Å². The molecule has 1 aromatic rings. The average molecular weight is 228 g/mol. The lowest BCUT2D eigenvalue weighted by Gasteiger charge is -2.20. The van der Waals surface area contributed by atoms with Crippen LogP contribution in [0.25, 0.3) is 0 Å². The third-order valence-electron chi connectivity index (χ3n) is 2.22. The van der Waals surface area contributed by atoms with E-state index in [0.717, 1.165) is 0 Å². The summed E-state index contributed by atoms with van der Waals surface area (Å²) in [6, 6.07) is 0.0181. The van der Waals surface area contributed by atoms with E-state index >= 15 is 0 Å². The molecule has 0 aromatic carbocycles. The predicted molar refractivity (Wildman–Crippen MR) is 59.9 cm³/mol. The van der Waals surface area contributed by atoms with E-state index < -0.39 is 0 Å². The molecule has 2 N–H and O–H groups in total. The minimum absolute atomic E-state index is 0.0181. The summed E-state index contributed by atoms with van der Waals surface area (Å²) >= 11 is 1.32. The Kier molecular flexibility index (Phi) is 4.71. The molecule has 1 amide bonds. The van der Waals surface area contributed by atoms with Crippen LogP contribution in [0, 0.1) is 5.92 Å². The molecule has 0 spiro atoms. The monoisotopic (exact) mass is 228 g/mol. The van der Waals surface area contributed by atoms with Crippen LogP contribution >= 0.6 is 11.3 Å². The first-order valence-electron chi connectivity index (χ1n) is 4.95. The van der Waals surface area contributed by atoms with Gasteiger partial charge in [0.15, 0.2) is 0 Å². The van der Waals surface area contributed by atoms with Crippen LogP contribution in [0.15, 0.2) is 11.7 Å². The average Bonchev–Trinajstić information content (AvgIpc) is 2.69. The third kappa shape index (κ3) is 3.60. The highest BCUT2D eigenvalue weighted by Gasteiger charge is 2.17. The second-order valence-corrected chi connectivity index (χ2v) is 4.59. The minimum atomic E-state index is -0.107. The Morgan fingerprint density at radius 2 is 2.40 bits per heavy atom. The first kappa shape index (κ1) is 12.1. The smallest absolute Gasteiger partial charge is 0.263 e. The van der Waals surface area contributed by atoms with Gasteiger partial charge in [0.1, 0.15) is 4.88 Å². The Bertz CT molecular complexity index is 298. The van der Waals surface area contributed by atoms with E-state index in [0.29, 0.717) is 17.2 Å². The van der Waals surface area contributed by atoms with Gasteiger partial charge < -0.3 is 10.4 Å². The van der Waals surface area contributed by atoms with Crippen LogP contribution in [0.2, 0.25) is 0 Å². The largest absolute Gasteiger partial charge is 0.396 e. The summed E-state index contributed by atoms with van der Waals surface area (Å²) < 4.78 is 0. The summed E-state index contributed by atoms with van der Waals surface area (Å²) in [5.74, 6) is 0.207. The van der Waals surface area contributed by atoms with Crippen molar-refractivity contribution in [2.75, 3.05) is 6.61 Å². The SMILES string of the molecule is CC(C)C(CCO)NC(=O)c1cncs1. The molecular formula is C10H16N2O2S. The first-order chi connectivity index (χ1) is 7.15. The normalized spacial score (nSPS) is 12.8. The molecule has 0 fully saturated rings. The molecule has 1 heterocycles.